The van der Waals surface area contributed by atoms with E-state index >= 15 is 0 Å². The van der Waals surface area contributed by atoms with Gasteiger partial charge in [0, 0.05) is 6.04 Å². The lowest BCUT2D eigenvalue weighted by Gasteiger charge is -2.11. The van der Waals surface area contributed by atoms with Gasteiger partial charge in [0.2, 0.25) is 0 Å². The maximum absolute atomic E-state index is 6.03. The molecule has 1 aromatic rings. The van der Waals surface area contributed by atoms with Crippen LogP contribution in [0.15, 0.2) is 24.3 Å². The van der Waals surface area contributed by atoms with Gasteiger partial charge < -0.3 is 5.73 Å². The van der Waals surface area contributed by atoms with Crippen molar-refractivity contribution < 1.29 is 0 Å². The van der Waals surface area contributed by atoms with Crippen molar-refractivity contribution in [2.24, 2.45) is 5.73 Å². The molecule has 14 heavy (non-hydrogen) atoms. The number of nitrogens with two attached hydrogens (primary N) is 1. The number of hydrogen-bond acceptors (Lipinski definition) is 1. The summed E-state index contributed by atoms with van der Waals surface area (Å²) in [5.41, 5.74) is 8.72. The molecule has 0 saturated carbocycles. The van der Waals surface area contributed by atoms with E-state index in [2.05, 4.69) is 38.1 Å². The largest absolute Gasteiger partial charge is 0.324 e. The average Bonchev–Trinajstić information content (AvgIpc) is 2.20. The summed E-state index contributed by atoms with van der Waals surface area (Å²) in [5, 5.41) is 0. The lowest BCUT2D eigenvalue weighted by atomic mass is 10.0. The smallest absolute Gasteiger partial charge is 0.0294 e. The zero-order chi connectivity index (χ0) is 10.4. The SMILES string of the molecule is CCCc1ccc([C@@H](N)CCC)cc1. The van der Waals surface area contributed by atoms with Crippen LogP contribution in [-0.4, -0.2) is 0 Å². The fourth-order valence-electron chi connectivity index (χ4n) is 1.70. The first-order chi connectivity index (χ1) is 6.77. The van der Waals surface area contributed by atoms with E-state index in [-0.39, 0.29) is 6.04 Å². The zero-order valence-corrected chi connectivity index (χ0v) is 9.29. The number of benzene rings is 1. The van der Waals surface area contributed by atoms with Crippen LogP contribution in [0.1, 0.15) is 50.3 Å². The van der Waals surface area contributed by atoms with E-state index in [4.69, 9.17) is 5.73 Å². The van der Waals surface area contributed by atoms with Gasteiger partial charge in [0.05, 0.1) is 0 Å². The van der Waals surface area contributed by atoms with E-state index in [1.54, 1.807) is 0 Å². The van der Waals surface area contributed by atoms with Crippen molar-refractivity contribution in [3.05, 3.63) is 35.4 Å². The van der Waals surface area contributed by atoms with Gasteiger partial charge in [-0.1, -0.05) is 51.0 Å². The normalized spacial score (nSPS) is 12.8. The Morgan fingerprint density at radius 3 is 2.21 bits per heavy atom. The van der Waals surface area contributed by atoms with E-state index in [0.29, 0.717) is 0 Å². The van der Waals surface area contributed by atoms with Gasteiger partial charge in [-0.3, -0.25) is 0 Å². The second-order valence-electron chi connectivity index (χ2n) is 3.89. The zero-order valence-electron chi connectivity index (χ0n) is 9.29. The minimum absolute atomic E-state index is 0.218. The Bertz CT molecular complexity index is 250. The second-order valence-corrected chi connectivity index (χ2v) is 3.89. The van der Waals surface area contributed by atoms with Crippen LogP contribution < -0.4 is 5.73 Å². The summed E-state index contributed by atoms with van der Waals surface area (Å²) >= 11 is 0. The molecule has 0 radical (unpaired) electrons. The monoisotopic (exact) mass is 191 g/mol. The first-order valence-corrected chi connectivity index (χ1v) is 5.62. The topological polar surface area (TPSA) is 26.0 Å². The van der Waals surface area contributed by atoms with Crippen LogP contribution in [0.3, 0.4) is 0 Å². The van der Waals surface area contributed by atoms with Gasteiger partial charge in [0.25, 0.3) is 0 Å². The highest BCUT2D eigenvalue weighted by molar-refractivity contribution is 5.24. The summed E-state index contributed by atoms with van der Waals surface area (Å²) in [7, 11) is 0. The molecule has 2 N–H and O–H groups in total. The van der Waals surface area contributed by atoms with Crippen molar-refractivity contribution in [2.45, 2.75) is 45.6 Å². The van der Waals surface area contributed by atoms with E-state index < -0.39 is 0 Å². The lowest BCUT2D eigenvalue weighted by molar-refractivity contribution is 0.638. The summed E-state index contributed by atoms with van der Waals surface area (Å²) < 4.78 is 0. The molecule has 0 amide bonds. The Labute approximate surface area is 87.3 Å². The highest BCUT2D eigenvalue weighted by Crippen LogP contribution is 2.16. The van der Waals surface area contributed by atoms with E-state index in [1.807, 2.05) is 0 Å². The van der Waals surface area contributed by atoms with Gasteiger partial charge >= 0.3 is 0 Å². The van der Waals surface area contributed by atoms with Crippen molar-refractivity contribution in [2.75, 3.05) is 0 Å². The van der Waals surface area contributed by atoms with Gasteiger partial charge in [0.15, 0.2) is 0 Å². The first-order valence-electron chi connectivity index (χ1n) is 5.62. The lowest BCUT2D eigenvalue weighted by Crippen LogP contribution is -2.09. The molecule has 0 aromatic heterocycles. The van der Waals surface area contributed by atoms with E-state index in [9.17, 15) is 0 Å². The Morgan fingerprint density at radius 2 is 1.71 bits per heavy atom. The van der Waals surface area contributed by atoms with Gasteiger partial charge in [0.1, 0.15) is 0 Å². The van der Waals surface area contributed by atoms with Crippen molar-refractivity contribution in [3.63, 3.8) is 0 Å². The number of rotatable bonds is 5. The standard InChI is InChI=1S/C13H21N/c1-3-5-11-7-9-12(10-8-11)13(14)6-4-2/h7-10,13H,3-6,14H2,1-2H3/t13-/m0/s1. The van der Waals surface area contributed by atoms with Gasteiger partial charge in [-0.15, -0.1) is 0 Å². The van der Waals surface area contributed by atoms with Crippen molar-refractivity contribution in [3.8, 4) is 0 Å². The molecule has 0 saturated heterocycles. The fraction of sp³-hybridized carbons (Fsp3) is 0.538. The van der Waals surface area contributed by atoms with Crippen LogP contribution >= 0.6 is 0 Å². The highest BCUT2D eigenvalue weighted by atomic mass is 14.6. The van der Waals surface area contributed by atoms with E-state index in [0.717, 1.165) is 12.8 Å². The number of hydrogen-bond donors (Lipinski definition) is 1. The summed E-state index contributed by atoms with van der Waals surface area (Å²) in [6, 6.07) is 8.97. The molecule has 0 fully saturated rings. The molecule has 0 aliphatic carbocycles. The summed E-state index contributed by atoms with van der Waals surface area (Å²) in [6.45, 7) is 4.38. The first kappa shape index (κ1) is 11.3. The third-order valence-electron chi connectivity index (χ3n) is 2.55. The molecule has 0 heterocycles. The van der Waals surface area contributed by atoms with Gasteiger partial charge in [-0.25, -0.2) is 0 Å². The third kappa shape index (κ3) is 3.15. The van der Waals surface area contributed by atoms with Crippen LogP contribution in [0.2, 0.25) is 0 Å². The predicted octanol–water partition coefficient (Wildman–Crippen LogP) is 3.44. The Balaban J connectivity index is 2.62. The maximum atomic E-state index is 6.03. The Kier molecular flexibility index (Phi) is 4.68. The molecule has 1 nitrogen and oxygen atoms in total. The van der Waals surface area contributed by atoms with Crippen LogP contribution in [0.25, 0.3) is 0 Å². The summed E-state index contributed by atoms with van der Waals surface area (Å²) in [4.78, 5) is 0. The van der Waals surface area contributed by atoms with Crippen LogP contribution in [0.4, 0.5) is 0 Å². The minimum atomic E-state index is 0.218. The van der Waals surface area contributed by atoms with Crippen LogP contribution in [0, 0.1) is 0 Å². The van der Waals surface area contributed by atoms with Crippen molar-refractivity contribution in [1.29, 1.82) is 0 Å². The molecule has 1 rings (SSSR count). The van der Waals surface area contributed by atoms with Gasteiger partial charge in [-0.2, -0.15) is 0 Å². The average molecular weight is 191 g/mol. The van der Waals surface area contributed by atoms with E-state index in [1.165, 1.54) is 24.0 Å². The van der Waals surface area contributed by atoms with Crippen LogP contribution in [0.5, 0.6) is 0 Å². The molecule has 0 unspecified atom stereocenters. The van der Waals surface area contributed by atoms with Crippen molar-refractivity contribution >= 4 is 0 Å². The summed E-state index contributed by atoms with van der Waals surface area (Å²) in [5.74, 6) is 0. The second kappa shape index (κ2) is 5.82. The van der Waals surface area contributed by atoms with Crippen LogP contribution in [-0.2, 0) is 6.42 Å². The highest BCUT2D eigenvalue weighted by Gasteiger charge is 2.03. The quantitative estimate of drug-likeness (QED) is 0.758. The molecule has 0 aliphatic rings. The van der Waals surface area contributed by atoms with Crippen molar-refractivity contribution in [1.82, 2.24) is 0 Å². The molecule has 1 heteroatoms. The minimum Gasteiger partial charge on any atom is -0.324 e. The predicted molar refractivity (Wildman–Crippen MR) is 62.3 cm³/mol. The Morgan fingerprint density at radius 1 is 1.07 bits per heavy atom. The molecule has 78 valence electrons. The molecular weight excluding hydrogens is 170 g/mol. The number of aryl methyl sites for hydroxylation is 1. The molecule has 1 aromatic carbocycles. The molecule has 0 spiro atoms. The molecular formula is C13H21N. The molecule has 0 aliphatic heterocycles. The van der Waals surface area contributed by atoms with Gasteiger partial charge in [-0.05, 0) is 24.0 Å². The Hall–Kier alpha value is -0.820. The summed E-state index contributed by atoms with van der Waals surface area (Å²) in [6.07, 6.45) is 4.61. The maximum Gasteiger partial charge on any atom is 0.0294 e. The molecule has 1 atom stereocenters. The third-order valence-corrected chi connectivity index (χ3v) is 2.55. The fourth-order valence-corrected chi connectivity index (χ4v) is 1.70. The molecule has 0 bridgehead atoms.